The summed E-state index contributed by atoms with van der Waals surface area (Å²) in [6.07, 6.45) is 1.86. The van der Waals surface area contributed by atoms with Crippen LogP contribution in [0.1, 0.15) is 19.5 Å². The zero-order chi connectivity index (χ0) is 12.8. The van der Waals surface area contributed by atoms with E-state index in [0.29, 0.717) is 17.9 Å². The number of nitrogens with zero attached hydrogens (tertiary/aromatic N) is 2. The van der Waals surface area contributed by atoms with Crippen LogP contribution in [-0.4, -0.2) is 28.8 Å². The van der Waals surface area contributed by atoms with E-state index in [4.69, 9.17) is 0 Å². The Bertz CT molecular complexity index is 401. The van der Waals surface area contributed by atoms with Gasteiger partial charge < -0.3 is 4.74 Å². The van der Waals surface area contributed by atoms with Gasteiger partial charge in [-0.3, -0.25) is 4.79 Å². The van der Waals surface area contributed by atoms with Gasteiger partial charge in [0.2, 0.25) is 0 Å². The molecule has 1 rings (SSSR count). The molecule has 1 atom stereocenters. The number of esters is 1. The summed E-state index contributed by atoms with van der Waals surface area (Å²) < 4.78 is 18.3. The fourth-order valence-electron chi connectivity index (χ4n) is 1.21. The van der Waals surface area contributed by atoms with Crippen molar-refractivity contribution in [3.63, 3.8) is 0 Å². The van der Waals surface area contributed by atoms with Crippen LogP contribution in [0.5, 0.6) is 0 Å². The summed E-state index contributed by atoms with van der Waals surface area (Å²) in [6, 6.07) is 0. The molecule has 0 aromatic carbocycles. The predicted octanol–water partition coefficient (Wildman–Crippen LogP) is 2.08. The smallest absolute Gasteiger partial charge is 0.309 e. The molecule has 0 saturated carbocycles. The van der Waals surface area contributed by atoms with Crippen molar-refractivity contribution in [2.45, 2.75) is 25.3 Å². The van der Waals surface area contributed by atoms with Gasteiger partial charge >= 0.3 is 5.97 Å². The van der Waals surface area contributed by atoms with Gasteiger partial charge in [0.1, 0.15) is 11.4 Å². The van der Waals surface area contributed by atoms with E-state index in [1.165, 1.54) is 25.2 Å². The summed E-state index contributed by atoms with van der Waals surface area (Å²) in [4.78, 5) is 18.9. The Kier molecular flexibility index (Phi) is 5.34. The fraction of sp³-hybridized carbons (Fsp3) is 0.545. The molecule has 1 heterocycles. The van der Waals surface area contributed by atoms with E-state index in [2.05, 4.69) is 14.7 Å². The van der Waals surface area contributed by atoms with Crippen molar-refractivity contribution in [3.8, 4) is 0 Å². The fourth-order valence-corrected chi connectivity index (χ4v) is 2.12. The second-order valence-electron chi connectivity index (χ2n) is 3.53. The predicted molar refractivity (Wildman–Crippen MR) is 63.3 cm³/mol. The van der Waals surface area contributed by atoms with Crippen LogP contribution >= 0.6 is 11.8 Å². The van der Waals surface area contributed by atoms with E-state index >= 15 is 0 Å². The summed E-state index contributed by atoms with van der Waals surface area (Å²) in [5.74, 6) is -0.548. The molecule has 0 bridgehead atoms. The average molecular weight is 258 g/mol. The van der Waals surface area contributed by atoms with Crippen LogP contribution in [0.4, 0.5) is 4.39 Å². The molecule has 0 fully saturated rings. The maximum Gasteiger partial charge on any atom is 0.309 e. The van der Waals surface area contributed by atoms with Crippen molar-refractivity contribution in [2.75, 3.05) is 12.9 Å². The van der Waals surface area contributed by atoms with Crippen LogP contribution in [0.25, 0.3) is 0 Å². The number of hydrogen-bond acceptors (Lipinski definition) is 5. The van der Waals surface area contributed by atoms with Gasteiger partial charge in [-0.15, -0.1) is 11.8 Å². The summed E-state index contributed by atoms with van der Waals surface area (Å²) in [6.45, 7) is 3.57. The summed E-state index contributed by atoms with van der Waals surface area (Å²) in [5, 5.41) is 0.285. The third kappa shape index (κ3) is 3.66. The Morgan fingerprint density at radius 1 is 1.59 bits per heavy atom. The van der Waals surface area contributed by atoms with E-state index in [1.54, 1.807) is 6.92 Å². The summed E-state index contributed by atoms with van der Waals surface area (Å²) in [5.41, 5.74) is 0.397. The molecule has 0 saturated heterocycles. The molecule has 0 aliphatic rings. The highest BCUT2D eigenvalue weighted by atomic mass is 32.2. The second kappa shape index (κ2) is 6.54. The number of ether oxygens (including phenoxy) is 1. The zero-order valence-electron chi connectivity index (χ0n) is 10.1. The Morgan fingerprint density at radius 3 is 2.88 bits per heavy atom. The molecule has 6 heteroatoms. The molecule has 0 aliphatic carbocycles. The second-order valence-corrected chi connectivity index (χ2v) is 4.54. The molecular formula is C11H15FN2O2S. The average Bonchev–Trinajstić information content (AvgIpc) is 2.36. The van der Waals surface area contributed by atoms with Gasteiger partial charge in [-0.1, -0.05) is 13.8 Å². The first-order valence-electron chi connectivity index (χ1n) is 5.30. The molecule has 4 nitrogen and oxygen atoms in total. The lowest BCUT2D eigenvalue weighted by Crippen LogP contribution is -2.15. The van der Waals surface area contributed by atoms with E-state index in [-0.39, 0.29) is 16.9 Å². The van der Waals surface area contributed by atoms with Crippen molar-refractivity contribution in [2.24, 2.45) is 5.92 Å². The normalized spacial score (nSPS) is 12.2. The molecular weight excluding hydrogens is 243 g/mol. The molecule has 0 spiro atoms. The van der Waals surface area contributed by atoms with Crippen LogP contribution in [0.2, 0.25) is 0 Å². The lowest BCUT2D eigenvalue weighted by molar-refractivity contribution is -0.143. The Morgan fingerprint density at radius 2 is 2.29 bits per heavy atom. The monoisotopic (exact) mass is 258 g/mol. The molecule has 0 radical (unpaired) electrons. The summed E-state index contributed by atoms with van der Waals surface area (Å²) >= 11 is 1.20. The van der Waals surface area contributed by atoms with Gasteiger partial charge in [0.15, 0.2) is 5.82 Å². The van der Waals surface area contributed by atoms with Crippen molar-refractivity contribution in [3.05, 3.63) is 17.8 Å². The maximum absolute atomic E-state index is 13.7. The lowest BCUT2D eigenvalue weighted by atomic mass is 10.2. The molecule has 17 heavy (non-hydrogen) atoms. The van der Waals surface area contributed by atoms with Crippen molar-refractivity contribution in [1.82, 2.24) is 9.97 Å². The van der Waals surface area contributed by atoms with Crippen LogP contribution < -0.4 is 0 Å². The highest BCUT2D eigenvalue weighted by Crippen LogP contribution is 2.23. The van der Waals surface area contributed by atoms with Crippen molar-refractivity contribution >= 4 is 17.7 Å². The molecule has 94 valence electrons. The highest BCUT2D eigenvalue weighted by molar-refractivity contribution is 7.99. The first-order chi connectivity index (χ1) is 8.10. The number of halogens is 1. The van der Waals surface area contributed by atoms with Crippen molar-refractivity contribution < 1.29 is 13.9 Å². The first-order valence-corrected chi connectivity index (χ1v) is 6.28. The number of rotatable bonds is 5. The Hall–Kier alpha value is -1.17. The van der Waals surface area contributed by atoms with E-state index in [9.17, 15) is 9.18 Å². The van der Waals surface area contributed by atoms with E-state index in [0.717, 1.165) is 0 Å². The molecule has 1 unspecified atom stereocenters. The molecule has 1 aromatic rings. The SMILES string of the molecule is CCc1ncnc(SCC(C)C(=O)OC)c1F. The topological polar surface area (TPSA) is 52.1 Å². The van der Waals surface area contributed by atoms with Gasteiger partial charge in [-0.25, -0.2) is 14.4 Å². The highest BCUT2D eigenvalue weighted by Gasteiger charge is 2.16. The Balaban J connectivity index is 2.66. The first kappa shape index (κ1) is 13.9. The molecule has 1 aromatic heterocycles. The number of methoxy groups -OCH3 is 1. The Labute approximate surface area is 104 Å². The molecule has 0 aliphatic heterocycles. The van der Waals surface area contributed by atoms with Crippen LogP contribution in [0, 0.1) is 11.7 Å². The van der Waals surface area contributed by atoms with Gasteiger partial charge in [0.25, 0.3) is 0 Å². The third-order valence-corrected chi connectivity index (χ3v) is 3.46. The van der Waals surface area contributed by atoms with Crippen LogP contribution in [0.3, 0.4) is 0 Å². The van der Waals surface area contributed by atoms with Gasteiger partial charge in [-0.2, -0.15) is 0 Å². The quantitative estimate of drug-likeness (QED) is 0.460. The summed E-state index contributed by atoms with van der Waals surface area (Å²) in [7, 11) is 1.34. The molecule has 0 amide bonds. The maximum atomic E-state index is 13.7. The largest absolute Gasteiger partial charge is 0.469 e. The standard InChI is InChI=1S/C11H15FN2O2S/c1-4-8-9(12)10(14-6-13-8)17-5-7(2)11(15)16-3/h6-7H,4-5H2,1-3H3. The van der Waals surface area contributed by atoms with Gasteiger partial charge in [0, 0.05) is 5.75 Å². The minimum absolute atomic E-state index is 0.285. The van der Waals surface area contributed by atoms with Crippen LogP contribution in [-0.2, 0) is 16.0 Å². The van der Waals surface area contributed by atoms with Gasteiger partial charge in [0.05, 0.1) is 18.7 Å². The zero-order valence-corrected chi connectivity index (χ0v) is 10.9. The lowest BCUT2D eigenvalue weighted by Gasteiger charge is -2.09. The van der Waals surface area contributed by atoms with Gasteiger partial charge in [-0.05, 0) is 6.42 Å². The van der Waals surface area contributed by atoms with E-state index < -0.39 is 5.82 Å². The number of thioether (sulfide) groups is 1. The minimum atomic E-state index is -0.392. The minimum Gasteiger partial charge on any atom is -0.469 e. The third-order valence-electron chi connectivity index (χ3n) is 2.24. The van der Waals surface area contributed by atoms with Crippen LogP contribution in [0.15, 0.2) is 11.4 Å². The van der Waals surface area contributed by atoms with E-state index in [1.807, 2.05) is 6.92 Å². The number of carbonyl (C=O) groups excluding carboxylic acids is 1. The number of aromatic nitrogens is 2. The molecule has 0 N–H and O–H groups in total. The number of hydrogen-bond donors (Lipinski definition) is 0. The van der Waals surface area contributed by atoms with Crippen molar-refractivity contribution in [1.29, 1.82) is 0 Å². The number of aryl methyl sites for hydroxylation is 1. The number of carbonyl (C=O) groups is 1.